The van der Waals surface area contributed by atoms with Crippen molar-refractivity contribution in [2.45, 2.75) is 12.5 Å². The van der Waals surface area contributed by atoms with E-state index in [4.69, 9.17) is 0 Å². The highest BCUT2D eigenvalue weighted by atomic mass is 16.6. The number of nitro benzene ring substituents is 1. The molecule has 2 heterocycles. The van der Waals surface area contributed by atoms with Crippen LogP contribution in [0.2, 0.25) is 0 Å². The Bertz CT molecular complexity index is 1020. The van der Waals surface area contributed by atoms with Gasteiger partial charge in [-0.15, -0.1) is 0 Å². The van der Waals surface area contributed by atoms with Crippen LogP contribution < -0.4 is 15.8 Å². The van der Waals surface area contributed by atoms with Gasteiger partial charge in [0.05, 0.1) is 22.2 Å². The number of nitro groups is 1. The van der Waals surface area contributed by atoms with Gasteiger partial charge in [0.2, 0.25) is 0 Å². The van der Waals surface area contributed by atoms with Gasteiger partial charge < -0.3 is 15.2 Å². The summed E-state index contributed by atoms with van der Waals surface area (Å²) in [7, 11) is 0. The van der Waals surface area contributed by atoms with Gasteiger partial charge in [0, 0.05) is 30.9 Å². The van der Waals surface area contributed by atoms with Gasteiger partial charge in [-0.1, -0.05) is 18.2 Å². The van der Waals surface area contributed by atoms with Gasteiger partial charge in [0.25, 0.3) is 11.2 Å². The third-order valence-corrected chi connectivity index (χ3v) is 4.62. The summed E-state index contributed by atoms with van der Waals surface area (Å²) in [6, 6.07) is 13.0. The number of fused-ring (bicyclic) bond motifs is 1. The van der Waals surface area contributed by atoms with E-state index in [-0.39, 0.29) is 22.7 Å². The number of hydrogen-bond donors (Lipinski definition) is 2. The summed E-state index contributed by atoms with van der Waals surface area (Å²) in [5.74, 6) is 0. The minimum absolute atomic E-state index is 0.0772. The highest BCUT2D eigenvalue weighted by Gasteiger charge is 2.25. The van der Waals surface area contributed by atoms with Gasteiger partial charge >= 0.3 is 0 Å². The first-order valence-corrected chi connectivity index (χ1v) is 8.34. The van der Waals surface area contributed by atoms with Crippen LogP contribution in [0.5, 0.6) is 0 Å². The number of aromatic amines is 1. The van der Waals surface area contributed by atoms with E-state index in [1.165, 1.54) is 12.4 Å². The number of H-pyrrole nitrogens is 1. The lowest BCUT2D eigenvalue weighted by molar-refractivity contribution is -0.383. The molecule has 0 aliphatic carbocycles. The molecule has 132 valence electrons. The molecular formula is C18H17N5O3. The number of rotatable bonds is 4. The van der Waals surface area contributed by atoms with E-state index >= 15 is 0 Å². The number of nitrogens with one attached hydrogen (secondary N) is 2. The van der Waals surface area contributed by atoms with Crippen LogP contribution in [0.4, 0.5) is 17.1 Å². The van der Waals surface area contributed by atoms with E-state index in [0.29, 0.717) is 11.2 Å². The Hall–Kier alpha value is -3.42. The second kappa shape index (κ2) is 6.47. The molecule has 1 aromatic heterocycles. The highest BCUT2D eigenvalue weighted by Crippen LogP contribution is 2.30. The molecule has 3 aromatic rings. The lowest BCUT2D eigenvalue weighted by Gasteiger charge is -2.19. The van der Waals surface area contributed by atoms with Crippen molar-refractivity contribution in [3.8, 4) is 0 Å². The second-order valence-corrected chi connectivity index (χ2v) is 6.29. The maximum Gasteiger partial charge on any atom is 0.293 e. The van der Waals surface area contributed by atoms with Crippen LogP contribution in [0.3, 0.4) is 0 Å². The van der Waals surface area contributed by atoms with Crippen LogP contribution in [0, 0.1) is 10.1 Å². The zero-order valence-corrected chi connectivity index (χ0v) is 13.9. The Morgan fingerprint density at radius 3 is 2.85 bits per heavy atom. The fourth-order valence-corrected chi connectivity index (χ4v) is 3.34. The van der Waals surface area contributed by atoms with Crippen LogP contribution in [0.1, 0.15) is 6.42 Å². The number of anilines is 2. The molecule has 8 nitrogen and oxygen atoms in total. The molecule has 1 unspecified atom stereocenters. The molecule has 2 aromatic carbocycles. The van der Waals surface area contributed by atoms with Crippen molar-refractivity contribution in [3.05, 3.63) is 69.3 Å². The summed E-state index contributed by atoms with van der Waals surface area (Å²) in [5, 5.41) is 14.9. The first-order valence-electron chi connectivity index (χ1n) is 8.34. The largest absolute Gasteiger partial charge is 0.375 e. The van der Waals surface area contributed by atoms with Crippen LogP contribution in [-0.4, -0.2) is 34.0 Å². The summed E-state index contributed by atoms with van der Waals surface area (Å²) in [6.45, 7) is 1.63. The summed E-state index contributed by atoms with van der Waals surface area (Å²) >= 11 is 0. The van der Waals surface area contributed by atoms with Crippen LogP contribution in [0.25, 0.3) is 10.9 Å². The summed E-state index contributed by atoms with van der Waals surface area (Å²) in [6.07, 6.45) is 2.17. The van der Waals surface area contributed by atoms with Crippen molar-refractivity contribution >= 4 is 28.0 Å². The molecule has 1 aliphatic heterocycles. The molecular weight excluding hydrogens is 334 g/mol. The smallest absolute Gasteiger partial charge is 0.293 e. The van der Waals surface area contributed by atoms with Gasteiger partial charge in [-0.2, -0.15) is 0 Å². The lowest BCUT2D eigenvalue weighted by atomic mass is 10.1. The van der Waals surface area contributed by atoms with E-state index < -0.39 is 4.92 Å². The monoisotopic (exact) mass is 351 g/mol. The first-order chi connectivity index (χ1) is 12.6. The standard InChI is InChI=1S/C18H17N5O3/c24-18-14-8-17(23(25)26)16(9-15(14)19-11-20-18)21-12-6-7-22(10-12)13-4-2-1-3-5-13/h1-5,8-9,11-12,21H,6-7,10H2,(H,19,20,24). The topological polar surface area (TPSA) is 104 Å². The Labute approximate surface area is 148 Å². The number of nitrogens with zero attached hydrogens (tertiary/aromatic N) is 3. The molecule has 0 spiro atoms. The van der Waals surface area contributed by atoms with E-state index in [1.54, 1.807) is 6.07 Å². The van der Waals surface area contributed by atoms with Crippen LogP contribution in [0.15, 0.2) is 53.6 Å². The molecule has 0 radical (unpaired) electrons. The van der Waals surface area contributed by atoms with Crippen molar-refractivity contribution in [2.75, 3.05) is 23.3 Å². The molecule has 4 rings (SSSR count). The van der Waals surface area contributed by atoms with E-state index in [2.05, 4.69) is 32.3 Å². The molecule has 0 bridgehead atoms. The average molecular weight is 351 g/mol. The van der Waals surface area contributed by atoms with Gasteiger partial charge in [-0.05, 0) is 24.6 Å². The Morgan fingerprint density at radius 2 is 2.08 bits per heavy atom. The predicted molar refractivity (Wildman–Crippen MR) is 99.7 cm³/mol. The quantitative estimate of drug-likeness (QED) is 0.553. The number of benzene rings is 2. The number of aromatic nitrogens is 2. The third kappa shape index (κ3) is 2.97. The van der Waals surface area contributed by atoms with Crippen molar-refractivity contribution in [1.29, 1.82) is 0 Å². The fraction of sp³-hybridized carbons (Fsp3) is 0.222. The average Bonchev–Trinajstić information content (AvgIpc) is 3.11. The van der Waals surface area contributed by atoms with E-state index in [0.717, 1.165) is 25.2 Å². The van der Waals surface area contributed by atoms with E-state index in [1.807, 2.05) is 18.2 Å². The van der Waals surface area contributed by atoms with Crippen molar-refractivity contribution in [2.24, 2.45) is 0 Å². The highest BCUT2D eigenvalue weighted by molar-refractivity contribution is 5.86. The van der Waals surface area contributed by atoms with Gasteiger partial charge in [-0.25, -0.2) is 4.98 Å². The molecule has 8 heteroatoms. The fourth-order valence-electron chi connectivity index (χ4n) is 3.34. The zero-order valence-electron chi connectivity index (χ0n) is 13.9. The van der Waals surface area contributed by atoms with Crippen molar-refractivity contribution in [3.63, 3.8) is 0 Å². The molecule has 1 atom stereocenters. The molecule has 1 saturated heterocycles. The molecule has 0 amide bonds. The molecule has 0 saturated carbocycles. The lowest BCUT2D eigenvalue weighted by Crippen LogP contribution is -2.26. The predicted octanol–water partition coefficient (Wildman–Crippen LogP) is 2.52. The second-order valence-electron chi connectivity index (χ2n) is 6.29. The number of para-hydroxylation sites is 1. The minimum Gasteiger partial charge on any atom is -0.375 e. The first kappa shape index (κ1) is 16.1. The minimum atomic E-state index is -0.474. The normalized spacial score (nSPS) is 16.8. The van der Waals surface area contributed by atoms with Crippen LogP contribution >= 0.6 is 0 Å². The summed E-state index contributed by atoms with van der Waals surface area (Å²) < 4.78 is 0. The van der Waals surface area contributed by atoms with Crippen molar-refractivity contribution in [1.82, 2.24) is 9.97 Å². The Balaban J connectivity index is 1.62. The Morgan fingerprint density at radius 1 is 1.27 bits per heavy atom. The summed E-state index contributed by atoms with van der Waals surface area (Å²) in [5.41, 5.74) is 1.45. The maximum absolute atomic E-state index is 11.9. The zero-order chi connectivity index (χ0) is 18.1. The van der Waals surface area contributed by atoms with E-state index in [9.17, 15) is 14.9 Å². The van der Waals surface area contributed by atoms with Crippen molar-refractivity contribution < 1.29 is 4.92 Å². The van der Waals surface area contributed by atoms with Crippen LogP contribution in [-0.2, 0) is 0 Å². The van der Waals surface area contributed by atoms with Gasteiger partial charge in [0.1, 0.15) is 5.69 Å². The number of hydrogen-bond acceptors (Lipinski definition) is 6. The molecule has 2 N–H and O–H groups in total. The molecule has 26 heavy (non-hydrogen) atoms. The molecule has 1 aliphatic rings. The van der Waals surface area contributed by atoms with Gasteiger partial charge in [0.15, 0.2) is 0 Å². The maximum atomic E-state index is 11.9. The SMILES string of the molecule is O=c1[nH]cnc2cc(NC3CCN(c4ccccc4)C3)c([N+](=O)[O-])cc12. The molecule has 1 fully saturated rings. The van der Waals surface area contributed by atoms with Gasteiger partial charge in [-0.3, -0.25) is 14.9 Å². The third-order valence-electron chi connectivity index (χ3n) is 4.62. The Kier molecular flexibility index (Phi) is 4.00. The summed E-state index contributed by atoms with van der Waals surface area (Å²) in [4.78, 5) is 31.6.